The Kier molecular flexibility index (Phi) is 5.66. The Labute approximate surface area is 193 Å². The highest BCUT2D eigenvalue weighted by molar-refractivity contribution is 7.98. The van der Waals surface area contributed by atoms with Crippen LogP contribution >= 0.6 is 11.8 Å². The smallest absolute Gasteiger partial charge is 0.258 e. The highest BCUT2D eigenvalue weighted by Crippen LogP contribution is 2.23. The first-order valence-corrected chi connectivity index (χ1v) is 11.5. The summed E-state index contributed by atoms with van der Waals surface area (Å²) in [7, 11) is 1.70. The molecule has 0 unspecified atom stereocenters. The highest BCUT2D eigenvalue weighted by Gasteiger charge is 2.14. The number of fused-ring (bicyclic) bond motifs is 2. The minimum absolute atomic E-state index is 0.137. The summed E-state index contributed by atoms with van der Waals surface area (Å²) in [5.74, 6) is 1.06. The number of rotatable bonds is 6. The van der Waals surface area contributed by atoms with Gasteiger partial charge in [-0.1, -0.05) is 48.2 Å². The van der Waals surface area contributed by atoms with E-state index in [4.69, 9.17) is 0 Å². The fourth-order valence-corrected chi connectivity index (χ4v) is 4.46. The molecule has 33 heavy (non-hydrogen) atoms. The van der Waals surface area contributed by atoms with Crippen molar-refractivity contribution in [3.05, 3.63) is 100 Å². The van der Waals surface area contributed by atoms with Gasteiger partial charge in [0.05, 0.1) is 28.5 Å². The number of aromatic amines is 2. The Morgan fingerprint density at radius 2 is 1.64 bits per heavy atom. The van der Waals surface area contributed by atoms with Gasteiger partial charge < -0.3 is 14.9 Å². The number of amides is 1. The molecule has 0 aliphatic rings. The zero-order chi connectivity index (χ0) is 22.8. The Morgan fingerprint density at radius 1 is 0.909 bits per heavy atom. The van der Waals surface area contributed by atoms with E-state index in [1.54, 1.807) is 41.9 Å². The molecular formula is C25H21N5O2S. The van der Waals surface area contributed by atoms with E-state index < -0.39 is 0 Å². The monoisotopic (exact) mass is 455 g/mol. The number of thioether (sulfide) groups is 1. The van der Waals surface area contributed by atoms with Crippen molar-refractivity contribution in [2.24, 2.45) is 0 Å². The molecule has 164 valence electrons. The Hall–Kier alpha value is -3.91. The summed E-state index contributed by atoms with van der Waals surface area (Å²) in [6, 6.07) is 22.6. The number of H-pyrrole nitrogens is 2. The van der Waals surface area contributed by atoms with Crippen LogP contribution in [0.2, 0.25) is 0 Å². The van der Waals surface area contributed by atoms with Crippen LogP contribution in [-0.4, -0.2) is 37.8 Å². The number of nitrogens with one attached hydrogen (secondary N) is 2. The third kappa shape index (κ3) is 4.51. The summed E-state index contributed by atoms with van der Waals surface area (Å²) in [4.78, 5) is 41.8. The van der Waals surface area contributed by atoms with E-state index in [0.29, 0.717) is 22.3 Å². The highest BCUT2D eigenvalue weighted by atomic mass is 32.2. The minimum atomic E-state index is -0.206. The molecule has 0 aliphatic carbocycles. The van der Waals surface area contributed by atoms with E-state index in [-0.39, 0.29) is 18.0 Å². The molecule has 1 amide bonds. The molecule has 5 rings (SSSR count). The standard InChI is InChI=1S/C25H21N5O2S/c1-30(14-22-26-19-7-3-2-6-18(19)23(31)29-22)24(32)17-12-10-16(11-13-17)15-33-25-27-20-8-4-5-9-21(20)28-25/h2-13H,14-15H2,1H3,(H,27,28)(H,26,29,31). The molecule has 2 aromatic heterocycles. The summed E-state index contributed by atoms with van der Waals surface area (Å²) < 4.78 is 0. The number of carbonyl (C=O) groups excluding carboxylic acids is 1. The molecule has 0 aliphatic heterocycles. The van der Waals surface area contributed by atoms with Gasteiger partial charge in [0.25, 0.3) is 11.5 Å². The van der Waals surface area contributed by atoms with Gasteiger partial charge in [-0.3, -0.25) is 9.59 Å². The first-order valence-electron chi connectivity index (χ1n) is 10.5. The lowest BCUT2D eigenvalue weighted by Gasteiger charge is -2.17. The zero-order valence-electron chi connectivity index (χ0n) is 17.9. The van der Waals surface area contributed by atoms with Crippen LogP contribution in [0.3, 0.4) is 0 Å². The van der Waals surface area contributed by atoms with Crippen LogP contribution in [-0.2, 0) is 12.3 Å². The third-order valence-corrected chi connectivity index (χ3v) is 6.28. The molecule has 8 heteroatoms. The van der Waals surface area contributed by atoms with Gasteiger partial charge in [0.1, 0.15) is 5.82 Å². The lowest BCUT2D eigenvalue weighted by molar-refractivity contribution is 0.0781. The number of aromatic nitrogens is 4. The predicted molar refractivity (Wildman–Crippen MR) is 130 cm³/mol. The molecule has 0 bridgehead atoms. The molecule has 0 radical (unpaired) electrons. The molecule has 2 N–H and O–H groups in total. The number of para-hydroxylation sites is 3. The minimum Gasteiger partial charge on any atom is -0.334 e. The number of hydrogen-bond donors (Lipinski definition) is 2. The summed E-state index contributed by atoms with van der Waals surface area (Å²) >= 11 is 1.62. The summed E-state index contributed by atoms with van der Waals surface area (Å²) in [5, 5.41) is 1.40. The maximum Gasteiger partial charge on any atom is 0.258 e. The predicted octanol–water partition coefficient (Wildman–Crippen LogP) is 4.36. The van der Waals surface area contributed by atoms with Crippen LogP contribution in [0.5, 0.6) is 0 Å². The molecule has 3 aromatic carbocycles. The van der Waals surface area contributed by atoms with Gasteiger partial charge in [0.15, 0.2) is 5.16 Å². The number of carbonyl (C=O) groups is 1. The van der Waals surface area contributed by atoms with E-state index in [1.807, 2.05) is 54.6 Å². The normalized spacial score (nSPS) is 11.2. The second-order valence-corrected chi connectivity index (χ2v) is 8.70. The fourth-order valence-electron chi connectivity index (χ4n) is 3.62. The van der Waals surface area contributed by atoms with Crippen molar-refractivity contribution >= 4 is 39.6 Å². The molecule has 5 aromatic rings. The van der Waals surface area contributed by atoms with Crippen molar-refractivity contribution in [3.8, 4) is 0 Å². The van der Waals surface area contributed by atoms with Crippen LogP contribution in [0.15, 0.2) is 82.7 Å². The zero-order valence-corrected chi connectivity index (χ0v) is 18.7. The number of benzene rings is 3. The Balaban J connectivity index is 1.23. The number of imidazole rings is 1. The third-order valence-electron chi connectivity index (χ3n) is 5.34. The second kappa shape index (κ2) is 8.91. The molecule has 0 saturated carbocycles. The van der Waals surface area contributed by atoms with E-state index in [0.717, 1.165) is 27.5 Å². The van der Waals surface area contributed by atoms with Crippen molar-refractivity contribution in [2.75, 3.05) is 7.05 Å². The molecule has 0 fully saturated rings. The lowest BCUT2D eigenvalue weighted by Crippen LogP contribution is -2.28. The van der Waals surface area contributed by atoms with E-state index >= 15 is 0 Å². The van der Waals surface area contributed by atoms with Crippen molar-refractivity contribution in [3.63, 3.8) is 0 Å². The summed E-state index contributed by atoms with van der Waals surface area (Å²) in [6.45, 7) is 0.211. The van der Waals surface area contributed by atoms with Gasteiger partial charge in [-0.15, -0.1) is 0 Å². The van der Waals surface area contributed by atoms with Crippen molar-refractivity contribution < 1.29 is 4.79 Å². The van der Waals surface area contributed by atoms with Crippen molar-refractivity contribution in [1.29, 1.82) is 0 Å². The first-order chi connectivity index (χ1) is 16.1. The molecular weight excluding hydrogens is 434 g/mol. The molecule has 0 atom stereocenters. The molecule has 2 heterocycles. The second-order valence-electron chi connectivity index (χ2n) is 7.74. The SMILES string of the molecule is CN(Cc1nc2ccccc2c(=O)[nH]1)C(=O)c1ccc(CSc2nc3ccccc3[nH]2)cc1. The van der Waals surface area contributed by atoms with Crippen molar-refractivity contribution in [1.82, 2.24) is 24.8 Å². The topological polar surface area (TPSA) is 94.7 Å². The van der Waals surface area contributed by atoms with Crippen LogP contribution in [0.25, 0.3) is 21.9 Å². The summed E-state index contributed by atoms with van der Waals surface area (Å²) in [6.07, 6.45) is 0. The number of nitrogens with zero attached hydrogens (tertiary/aromatic N) is 3. The van der Waals surface area contributed by atoms with Crippen LogP contribution in [0, 0.1) is 0 Å². The molecule has 0 saturated heterocycles. The first kappa shape index (κ1) is 21.0. The molecule has 7 nitrogen and oxygen atoms in total. The maximum absolute atomic E-state index is 12.9. The van der Waals surface area contributed by atoms with Gasteiger partial charge in [-0.2, -0.15) is 0 Å². The number of hydrogen-bond acceptors (Lipinski definition) is 5. The van der Waals surface area contributed by atoms with Crippen LogP contribution in [0.1, 0.15) is 21.7 Å². The van der Waals surface area contributed by atoms with Crippen LogP contribution < -0.4 is 5.56 Å². The lowest BCUT2D eigenvalue weighted by atomic mass is 10.1. The average molecular weight is 456 g/mol. The Bertz CT molecular complexity index is 1470. The van der Waals surface area contributed by atoms with Gasteiger partial charge in [-0.05, 0) is 42.0 Å². The maximum atomic E-state index is 12.9. The summed E-state index contributed by atoms with van der Waals surface area (Å²) in [5.41, 5.74) is 4.06. The Morgan fingerprint density at radius 3 is 2.42 bits per heavy atom. The van der Waals surface area contributed by atoms with Gasteiger partial charge in [-0.25, -0.2) is 9.97 Å². The van der Waals surface area contributed by atoms with E-state index in [1.165, 1.54) is 0 Å². The largest absolute Gasteiger partial charge is 0.334 e. The average Bonchev–Trinajstić information content (AvgIpc) is 3.26. The van der Waals surface area contributed by atoms with Crippen molar-refractivity contribution in [2.45, 2.75) is 17.5 Å². The molecule has 0 spiro atoms. The fraction of sp³-hybridized carbons (Fsp3) is 0.120. The van der Waals surface area contributed by atoms with Gasteiger partial charge in [0.2, 0.25) is 0 Å². The van der Waals surface area contributed by atoms with Gasteiger partial charge in [0, 0.05) is 18.4 Å². The quantitative estimate of drug-likeness (QED) is 0.371. The van der Waals surface area contributed by atoms with E-state index in [2.05, 4.69) is 19.9 Å². The van der Waals surface area contributed by atoms with Crippen LogP contribution in [0.4, 0.5) is 0 Å². The van der Waals surface area contributed by atoms with Gasteiger partial charge >= 0.3 is 0 Å². The van der Waals surface area contributed by atoms with E-state index in [9.17, 15) is 9.59 Å².